The average Bonchev–Trinajstić information content (AvgIpc) is 3.24. The number of pyridine rings is 1. The molecule has 7 nitrogen and oxygen atoms in total. The smallest absolute Gasteiger partial charge is 0.393 e. The van der Waals surface area contributed by atoms with Crippen LogP contribution in [0.4, 0.5) is 24.5 Å². The van der Waals surface area contributed by atoms with E-state index in [0.717, 1.165) is 5.69 Å². The van der Waals surface area contributed by atoms with Crippen molar-refractivity contribution in [3.05, 3.63) is 40.5 Å². The number of aliphatic carboxylic acids is 1. The Balaban J connectivity index is 1.44. The highest BCUT2D eigenvalue weighted by molar-refractivity contribution is 6.33. The van der Waals surface area contributed by atoms with Crippen molar-refractivity contribution in [3.63, 3.8) is 0 Å². The quantitative estimate of drug-likeness (QED) is 0.449. The number of alkyl halides is 3. The van der Waals surface area contributed by atoms with E-state index in [1.165, 1.54) is 4.90 Å². The molecule has 2 saturated heterocycles. The second-order valence-electron chi connectivity index (χ2n) is 9.54. The van der Waals surface area contributed by atoms with Gasteiger partial charge in [-0.05, 0) is 18.6 Å². The minimum absolute atomic E-state index is 0.109. The summed E-state index contributed by atoms with van der Waals surface area (Å²) in [4.78, 5) is 19.0. The van der Waals surface area contributed by atoms with Crippen molar-refractivity contribution < 1.29 is 32.5 Å². The molecule has 3 heterocycles. The Morgan fingerprint density at radius 3 is 2.57 bits per heavy atom. The highest BCUT2D eigenvalue weighted by atomic mass is 35.5. The van der Waals surface area contributed by atoms with Crippen LogP contribution in [0.2, 0.25) is 10.0 Å². The lowest BCUT2D eigenvalue weighted by molar-refractivity contribution is -0.169. The number of hydrogen-bond acceptors (Lipinski definition) is 6. The molecular formula is C25H28Cl2F3N3O4. The van der Waals surface area contributed by atoms with Crippen LogP contribution in [-0.4, -0.2) is 61.1 Å². The normalized spacial score (nSPS) is 24.3. The zero-order valence-electron chi connectivity index (χ0n) is 20.3. The largest absolute Gasteiger partial charge is 0.490 e. The van der Waals surface area contributed by atoms with Gasteiger partial charge in [-0.25, -0.2) is 4.98 Å². The Bertz CT molecular complexity index is 1140. The van der Waals surface area contributed by atoms with Crippen molar-refractivity contribution in [2.24, 2.45) is 11.8 Å². The van der Waals surface area contributed by atoms with E-state index in [4.69, 9.17) is 32.7 Å². The van der Waals surface area contributed by atoms with E-state index in [0.29, 0.717) is 41.8 Å². The lowest BCUT2D eigenvalue weighted by Gasteiger charge is -2.38. The van der Waals surface area contributed by atoms with Crippen LogP contribution in [0.1, 0.15) is 26.2 Å². The van der Waals surface area contributed by atoms with Crippen LogP contribution in [0.3, 0.4) is 0 Å². The van der Waals surface area contributed by atoms with E-state index in [9.17, 15) is 23.1 Å². The van der Waals surface area contributed by atoms with E-state index in [1.807, 2.05) is 0 Å². The summed E-state index contributed by atoms with van der Waals surface area (Å²) in [7, 11) is 1.55. The molecule has 2 aromatic rings. The summed E-state index contributed by atoms with van der Waals surface area (Å²) >= 11 is 12.8. The molecule has 2 fully saturated rings. The van der Waals surface area contributed by atoms with Crippen molar-refractivity contribution in [3.8, 4) is 11.6 Å². The number of nitrogens with zero attached hydrogens (tertiary/aromatic N) is 3. The maximum Gasteiger partial charge on any atom is 0.393 e. The Morgan fingerprint density at radius 1 is 1.19 bits per heavy atom. The summed E-state index contributed by atoms with van der Waals surface area (Å²) in [5, 5.41) is 9.95. The number of halogens is 5. The zero-order valence-corrected chi connectivity index (χ0v) is 21.9. The van der Waals surface area contributed by atoms with Crippen LogP contribution >= 0.6 is 23.2 Å². The van der Waals surface area contributed by atoms with Crippen molar-refractivity contribution in [1.82, 2.24) is 4.98 Å². The van der Waals surface area contributed by atoms with Gasteiger partial charge in [0.2, 0.25) is 5.88 Å². The maximum absolute atomic E-state index is 13.4. The number of hydrogen-bond donors (Lipinski definition) is 1. The minimum atomic E-state index is -4.41. The van der Waals surface area contributed by atoms with Gasteiger partial charge in [-0.1, -0.05) is 30.1 Å². The zero-order chi connectivity index (χ0) is 26.9. The second-order valence-corrected chi connectivity index (χ2v) is 10.4. The van der Waals surface area contributed by atoms with E-state index in [1.54, 1.807) is 37.6 Å². The summed E-state index contributed by atoms with van der Waals surface area (Å²) in [6.45, 7) is 3.11. The summed E-state index contributed by atoms with van der Waals surface area (Å²) in [6.07, 6.45) is -2.93. The number of carboxylic acids is 1. The average molecular weight is 562 g/mol. The van der Waals surface area contributed by atoms with Gasteiger partial charge in [0.15, 0.2) is 0 Å². The first-order chi connectivity index (χ1) is 17.5. The molecule has 2 unspecified atom stereocenters. The first kappa shape index (κ1) is 27.4. The number of carboxylic acid groups (broad SMARTS) is 1. The molecule has 2 aliphatic rings. The summed E-state index contributed by atoms with van der Waals surface area (Å²) < 4.78 is 51.5. The summed E-state index contributed by atoms with van der Waals surface area (Å²) in [5.74, 6) is -1.65. The Kier molecular flexibility index (Phi) is 8.18. The monoisotopic (exact) mass is 561 g/mol. The van der Waals surface area contributed by atoms with Crippen molar-refractivity contribution in [2.75, 3.05) is 36.5 Å². The minimum Gasteiger partial charge on any atom is -0.490 e. The molecule has 1 aromatic heterocycles. The van der Waals surface area contributed by atoms with Crippen LogP contribution in [0, 0.1) is 11.8 Å². The Hall–Kier alpha value is -2.59. The lowest BCUT2D eigenvalue weighted by atomic mass is 9.96. The number of benzene rings is 1. The van der Waals surface area contributed by atoms with E-state index in [-0.39, 0.29) is 30.0 Å². The second kappa shape index (κ2) is 11.0. The van der Waals surface area contributed by atoms with Crippen LogP contribution in [-0.2, 0) is 4.79 Å². The molecule has 0 saturated carbocycles. The molecule has 0 aliphatic carbocycles. The SMILES string of the molecule is COc1cc(N2CCC(Oc3ccc(N4C[C@H](C(F)(F)F)C[C@@H]4CC(=O)O)c(Cl)c3)C(C)C2)c(Cl)cn1. The standard InChI is InChI=1S/C25H28Cl2F3N3O4/c1-14-12-32(21-10-23(36-2)31-11-19(21)27)6-5-22(14)37-17-3-4-20(18(26)9-17)33-13-15(25(28,29)30)7-16(33)8-24(34)35/h3-4,9-11,14-16,22H,5-8,12-13H2,1-2H3,(H,34,35)/t14?,15-,16-,22?/m1/s1. The first-order valence-electron chi connectivity index (χ1n) is 11.9. The molecule has 4 atom stereocenters. The third kappa shape index (κ3) is 6.29. The predicted molar refractivity (Wildman–Crippen MR) is 135 cm³/mol. The summed E-state index contributed by atoms with van der Waals surface area (Å²) in [6, 6.07) is 5.86. The van der Waals surface area contributed by atoms with Gasteiger partial charge in [0, 0.05) is 50.1 Å². The molecule has 1 N–H and O–H groups in total. The number of aromatic nitrogens is 1. The molecule has 12 heteroatoms. The van der Waals surface area contributed by atoms with E-state index >= 15 is 0 Å². The fraction of sp³-hybridized carbons (Fsp3) is 0.520. The number of rotatable bonds is 7. The highest BCUT2D eigenvalue weighted by Crippen LogP contribution is 2.43. The third-order valence-corrected chi connectivity index (χ3v) is 7.58. The molecule has 0 amide bonds. The third-order valence-electron chi connectivity index (χ3n) is 6.99. The topological polar surface area (TPSA) is 75.1 Å². The van der Waals surface area contributed by atoms with Crippen LogP contribution in [0.15, 0.2) is 30.5 Å². The number of ether oxygens (including phenoxy) is 2. The van der Waals surface area contributed by atoms with Gasteiger partial charge in [0.05, 0.1) is 47.1 Å². The molecule has 0 spiro atoms. The number of carbonyl (C=O) groups is 1. The lowest BCUT2D eigenvalue weighted by Crippen LogP contribution is -2.44. The van der Waals surface area contributed by atoms with Crippen LogP contribution in [0.25, 0.3) is 0 Å². The maximum atomic E-state index is 13.4. The van der Waals surface area contributed by atoms with Gasteiger partial charge < -0.3 is 24.4 Å². The number of piperidine rings is 1. The highest BCUT2D eigenvalue weighted by Gasteiger charge is 2.48. The van der Waals surface area contributed by atoms with E-state index < -0.39 is 30.5 Å². The molecular weight excluding hydrogens is 534 g/mol. The van der Waals surface area contributed by atoms with Gasteiger partial charge in [-0.15, -0.1) is 0 Å². The van der Waals surface area contributed by atoms with Crippen molar-refractivity contribution >= 4 is 40.5 Å². The van der Waals surface area contributed by atoms with Gasteiger partial charge in [-0.2, -0.15) is 13.2 Å². The van der Waals surface area contributed by atoms with Gasteiger partial charge in [0.25, 0.3) is 0 Å². The predicted octanol–water partition coefficient (Wildman–Crippen LogP) is 5.92. The first-order valence-corrected chi connectivity index (χ1v) is 12.7. The molecule has 4 rings (SSSR count). The van der Waals surface area contributed by atoms with Crippen molar-refractivity contribution in [1.29, 1.82) is 0 Å². The Labute approximate surface area is 223 Å². The van der Waals surface area contributed by atoms with Crippen LogP contribution in [0.5, 0.6) is 11.6 Å². The molecule has 0 radical (unpaired) electrons. The van der Waals surface area contributed by atoms with E-state index in [2.05, 4.69) is 16.8 Å². The van der Waals surface area contributed by atoms with Gasteiger partial charge in [-0.3, -0.25) is 4.79 Å². The Morgan fingerprint density at radius 2 is 1.95 bits per heavy atom. The molecule has 0 bridgehead atoms. The molecule has 202 valence electrons. The fourth-order valence-electron chi connectivity index (χ4n) is 5.09. The fourth-order valence-corrected chi connectivity index (χ4v) is 5.60. The van der Waals surface area contributed by atoms with Crippen LogP contribution < -0.4 is 19.3 Å². The molecule has 37 heavy (non-hydrogen) atoms. The summed E-state index contributed by atoms with van der Waals surface area (Å²) in [5.41, 5.74) is 1.21. The van der Waals surface area contributed by atoms with Crippen molar-refractivity contribution in [2.45, 2.75) is 44.5 Å². The number of anilines is 2. The molecule has 1 aromatic carbocycles. The van der Waals surface area contributed by atoms with Gasteiger partial charge in [0.1, 0.15) is 11.9 Å². The molecule has 2 aliphatic heterocycles. The van der Waals surface area contributed by atoms with Gasteiger partial charge >= 0.3 is 12.1 Å². The number of methoxy groups -OCH3 is 1.